The van der Waals surface area contributed by atoms with Gasteiger partial charge in [-0.2, -0.15) is 5.10 Å². The topological polar surface area (TPSA) is 50.1 Å². The molecular formula is C13H17N3O. The molecule has 0 atom stereocenters. The number of aromatic hydroxyl groups is 1. The van der Waals surface area contributed by atoms with Gasteiger partial charge >= 0.3 is 0 Å². The molecular weight excluding hydrogens is 214 g/mol. The summed E-state index contributed by atoms with van der Waals surface area (Å²) in [5.41, 5.74) is 2.42. The largest absolute Gasteiger partial charge is 0.508 e. The van der Waals surface area contributed by atoms with Gasteiger partial charge in [0.1, 0.15) is 5.75 Å². The molecule has 2 rings (SSSR count). The molecule has 0 aliphatic carbocycles. The molecule has 1 aromatic carbocycles. The summed E-state index contributed by atoms with van der Waals surface area (Å²) in [6.07, 6.45) is 4.90. The standard InChI is InChI=1S/C13H17N3O/c1-16-10-12(9-15-16)6-7-14-8-11-2-4-13(17)5-3-11/h2-5,9-10,14,17H,6-8H2,1H3. The minimum Gasteiger partial charge on any atom is -0.508 e. The summed E-state index contributed by atoms with van der Waals surface area (Å²) in [6, 6.07) is 7.26. The number of nitrogens with one attached hydrogen (secondary N) is 1. The Labute approximate surface area is 101 Å². The molecule has 0 radical (unpaired) electrons. The average Bonchev–Trinajstić information content (AvgIpc) is 2.73. The quantitative estimate of drug-likeness (QED) is 0.766. The van der Waals surface area contributed by atoms with Gasteiger partial charge in [0.2, 0.25) is 0 Å². The van der Waals surface area contributed by atoms with Crippen LogP contribution in [0.25, 0.3) is 0 Å². The fourth-order valence-corrected chi connectivity index (χ4v) is 1.68. The Morgan fingerprint density at radius 2 is 2.00 bits per heavy atom. The molecule has 0 bridgehead atoms. The average molecular weight is 231 g/mol. The van der Waals surface area contributed by atoms with E-state index in [9.17, 15) is 0 Å². The van der Waals surface area contributed by atoms with E-state index < -0.39 is 0 Å². The Morgan fingerprint density at radius 1 is 1.24 bits per heavy atom. The molecule has 1 heterocycles. The van der Waals surface area contributed by atoms with Crippen molar-refractivity contribution in [2.24, 2.45) is 7.05 Å². The molecule has 0 spiro atoms. The van der Waals surface area contributed by atoms with E-state index in [2.05, 4.69) is 10.4 Å². The van der Waals surface area contributed by atoms with E-state index in [4.69, 9.17) is 5.11 Å². The fourth-order valence-electron chi connectivity index (χ4n) is 1.68. The highest BCUT2D eigenvalue weighted by Crippen LogP contribution is 2.09. The predicted molar refractivity (Wildman–Crippen MR) is 66.7 cm³/mol. The van der Waals surface area contributed by atoms with Crippen molar-refractivity contribution in [2.45, 2.75) is 13.0 Å². The summed E-state index contributed by atoms with van der Waals surface area (Å²) in [4.78, 5) is 0. The zero-order chi connectivity index (χ0) is 12.1. The molecule has 0 fully saturated rings. The highest BCUT2D eigenvalue weighted by Gasteiger charge is 1.96. The fraction of sp³-hybridized carbons (Fsp3) is 0.308. The Morgan fingerprint density at radius 3 is 2.65 bits per heavy atom. The van der Waals surface area contributed by atoms with Crippen LogP contribution in [-0.2, 0) is 20.0 Å². The summed E-state index contributed by atoms with van der Waals surface area (Å²) in [7, 11) is 1.92. The molecule has 1 aromatic heterocycles. The van der Waals surface area contributed by atoms with Crippen LogP contribution in [0.15, 0.2) is 36.7 Å². The minimum atomic E-state index is 0.309. The summed E-state index contributed by atoms with van der Waals surface area (Å²) in [5, 5.41) is 16.6. The van der Waals surface area contributed by atoms with Gasteiger partial charge in [-0.3, -0.25) is 4.68 Å². The van der Waals surface area contributed by atoms with Gasteiger partial charge in [-0.05, 0) is 36.2 Å². The molecule has 90 valence electrons. The van der Waals surface area contributed by atoms with Gasteiger partial charge in [-0.1, -0.05) is 12.1 Å². The lowest BCUT2D eigenvalue weighted by Crippen LogP contribution is -2.16. The van der Waals surface area contributed by atoms with Gasteiger partial charge in [0.25, 0.3) is 0 Å². The van der Waals surface area contributed by atoms with Crippen molar-refractivity contribution in [3.8, 4) is 5.75 Å². The monoisotopic (exact) mass is 231 g/mol. The molecule has 0 saturated carbocycles. The van der Waals surface area contributed by atoms with Crippen LogP contribution in [0.2, 0.25) is 0 Å². The number of aromatic nitrogens is 2. The molecule has 17 heavy (non-hydrogen) atoms. The number of phenolic OH excluding ortho intramolecular Hbond substituents is 1. The molecule has 0 unspecified atom stereocenters. The molecule has 4 heteroatoms. The SMILES string of the molecule is Cn1cc(CCNCc2ccc(O)cc2)cn1. The van der Waals surface area contributed by atoms with E-state index in [1.165, 1.54) is 11.1 Å². The third-order valence-electron chi connectivity index (χ3n) is 2.61. The van der Waals surface area contributed by atoms with Crippen molar-refractivity contribution < 1.29 is 5.11 Å². The van der Waals surface area contributed by atoms with Gasteiger partial charge in [0.15, 0.2) is 0 Å². The molecule has 0 aliphatic rings. The molecule has 2 N–H and O–H groups in total. The number of hydrogen-bond acceptors (Lipinski definition) is 3. The maximum atomic E-state index is 9.15. The van der Waals surface area contributed by atoms with Crippen molar-refractivity contribution >= 4 is 0 Å². The Bertz CT molecular complexity index is 462. The molecule has 4 nitrogen and oxygen atoms in total. The highest BCUT2D eigenvalue weighted by molar-refractivity contribution is 5.25. The number of rotatable bonds is 5. The van der Waals surface area contributed by atoms with E-state index in [-0.39, 0.29) is 0 Å². The lowest BCUT2D eigenvalue weighted by atomic mass is 10.2. The number of nitrogens with zero attached hydrogens (tertiary/aromatic N) is 2. The Hall–Kier alpha value is -1.81. The molecule has 0 aliphatic heterocycles. The van der Waals surface area contributed by atoms with Gasteiger partial charge < -0.3 is 10.4 Å². The minimum absolute atomic E-state index is 0.309. The van der Waals surface area contributed by atoms with Crippen molar-refractivity contribution in [2.75, 3.05) is 6.54 Å². The summed E-state index contributed by atoms with van der Waals surface area (Å²) < 4.78 is 1.81. The number of hydrogen-bond donors (Lipinski definition) is 2. The van der Waals surface area contributed by atoms with Gasteiger partial charge in [-0.25, -0.2) is 0 Å². The van der Waals surface area contributed by atoms with Crippen molar-refractivity contribution in [1.82, 2.24) is 15.1 Å². The van der Waals surface area contributed by atoms with Gasteiger partial charge in [0, 0.05) is 19.8 Å². The smallest absolute Gasteiger partial charge is 0.115 e. The van der Waals surface area contributed by atoms with E-state index in [0.29, 0.717) is 5.75 Å². The Kier molecular flexibility index (Phi) is 3.77. The highest BCUT2D eigenvalue weighted by atomic mass is 16.3. The van der Waals surface area contributed by atoms with E-state index in [1.54, 1.807) is 12.1 Å². The van der Waals surface area contributed by atoms with Crippen molar-refractivity contribution in [3.05, 3.63) is 47.8 Å². The van der Waals surface area contributed by atoms with Crippen LogP contribution in [0, 0.1) is 0 Å². The van der Waals surface area contributed by atoms with Crippen LogP contribution in [0.5, 0.6) is 5.75 Å². The van der Waals surface area contributed by atoms with Crippen LogP contribution < -0.4 is 5.32 Å². The molecule has 0 saturated heterocycles. The van der Waals surface area contributed by atoms with E-state index in [1.807, 2.05) is 36.3 Å². The molecule has 2 aromatic rings. The van der Waals surface area contributed by atoms with E-state index in [0.717, 1.165) is 19.5 Å². The first-order valence-electron chi connectivity index (χ1n) is 5.70. The first kappa shape index (κ1) is 11.7. The summed E-state index contributed by atoms with van der Waals surface area (Å²) >= 11 is 0. The summed E-state index contributed by atoms with van der Waals surface area (Å²) in [5.74, 6) is 0.309. The van der Waals surface area contributed by atoms with Gasteiger partial charge in [-0.15, -0.1) is 0 Å². The van der Waals surface area contributed by atoms with Crippen LogP contribution >= 0.6 is 0 Å². The van der Waals surface area contributed by atoms with Crippen LogP contribution in [0.3, 0.4) is 0 Å². The normalized spacial score (nSPS) is 10.6. The maximum absolute atomic E-state index is 9.15. The Balaban J connectivity index is 1.71. The maximum Gasteiger partial charge on any atom is 0.115 e. The first-order chi connectivity index (χ1) is 8.24. The van der Waals surface area contributed by atoms with Crippen LogP contribution in [0.4, 0.5) is 0 Å². The molecule has 0 amide bonds. The second-order valence-corrected chi connectivity index (χ2v) is 4.12. The van der Waals surface area contributed by atoms with E-state index >= 15 is 0 Å². The zero-order valence-electron chi connectivity index (χ0n) is 9.93. The second-order valence-electron chi connectivity index (χ2n) is 4.12. The number of benzene rings is 1. The predicted octanol–water partition coefficient (Wildman–Crippen LogP) is 1.46. The third kappa shape index (κ3) is 3.60. The lowest BCUT2D eigenvalue weighted by molar-refractivity contribution is 0.475. The van der Waals surface area contributed by atoms with Crippen LogP contribution in [-0.4, -0.2) is 21.4 Å². The number of phenols is 1. The second kappa shape index (κ2) is 5.50. The zero-order valence-corrected chi connectivity index (χ0v) is 9.93. The summed E-state index contributed by atoms with van der Waals surface area (Å²) in [6.45, 7) is 1.74. The first-order valence-corrected chi connectivity index (χ1v) is 5.70. The van der Waals surface area contributed by atoms with Crippen LogP contribution in [0.1, 0.15) is 11.1 Å². The lowest BCUT2D eigenvalue weighted by Gasteiger charge is -2.04. The van der Waals surface area contributed by atoms with Gasteiger partial charge in [0.05, 0.1) is 6.20 Å². The number of aryl methyl sites for hydroxylation is 1. The van der Waals surface area contributed by atoms with Crippen molar-refractivity contribution in [3.63, 3.8) is 0 Å². The third-order valence-corrected chi connectivity index (χ3v) is 2.61. The van der Waals surface area contributed by atoms with Crippen molar-refractivity contribution in [1.29, 1.82) is 0 Å².